The van der Waals surface area contributed by atoms with Crippen LogP contribution < -0.4 is 10.1 Å². The minimum absolute atomic E-state index is 0.619. The van der Waals surface area contributed by atoms with Crippen LogP contribution in [0.15, 0.2) is 42.5 Å². The van der Waals surface area contributed by atoms with Crippen LogP contribution in [-0.4, -0.2) is 6.54 Å². The maximum absolute atomic E-state index is 6.02. The highest BCUT2D eigenvalue weighted by molar-refractivity contribution is 5.36. The molecule has 2 aromatic carbocycles. The van der Waals surface area contributed by atoms with E-state index >= 15 is 0 Å². The molecule has 0 atom stereocenters. The van der Waals surface area contributed by atoms with Crippen LogP contribution in [0.1, 0.15) is 35.6 Å². The lowest BCUT2D eigenvalue weighted by Gasteiger charge is -2.13. The molecule has 2 aromatic rings. The Kier molecular flexibility index (Phi) is 5.82. The van der Waals surface area contributed by atoms with E-state index in [0.717, 1.165) is 25.3 Å². The van der Waals surface area contributed by atoms with E-state index in [2.05, 4.69) is 68.6 Å². The zero-order valence-corrected chi connectivity index (χ0v) is 13.3. The average Bonchev–Trinajstić information content (AvgIpc) is 2.49. The van der Waals surface area contributed by atoms with Crippen molar-refractivity contribution in [3.8, 4) is 5.75 Å². The van der Waals surface area contributed by atoms with Gasteiger partial charge < -0.3 is 10.1 Å². The van der Waals surface area contributed by atoms with Crippen LogP contribution in [-0.2, 0) is 13.2 Å². The van der Waals surface area contributed by atoms with Crippen molar-refractivity contribution in [1.29, 1.82) is 0 Å². The molecule has 1 N–H and O–H groups in total. The number of aryl methyl sites for hydroxylation is 2. The molecule has 0 saturated carbocycles. The summed E-state index contributed by atoms with van der Waals surface area (Å²) in [6, 6.07) is 14.8. The molecule has 2 nitrogen and oxygen atoms in total. The van der Waals surface area contributed by atoms with Gasteiger partial charge in [-0.3, -0.25) is 0 Å². The van der Waals surface area contributed by atoms with Gasteiger partial charge in [-0.2, -0.15) is 0 Å². The lowest BCUT2D eigenvalue weighted by molar-refractivity contribution is 0.302. The third-order valence-corrected chi connectivity index (χ3v) is 3.59. The topological polar surface area (TPSA) is 21.3 Å². The number of benzene rings is 2. The van der Waals surface area contributed by atoms with Gasteiger partial charge in [-0.15, -0.1) is 0 Å². The molecule has 0 fully saturated rings. The van der Waals surface area contributed by atoms with Crippen LogP contribution in [0.2, 0.25) is 0 Å². The standard InChI is InChI=1S/C19H25NO/c1-4-11-20-13-17-7-5-6-8-18(17)14-21-19-12-15(2)9-10-16(19)3/h5-10,12,20H,4,11,13-14H2,1-3H3. The van der Waals surface area contributed by atoms with E-state index in [-0.39, 0.29) is 0 Å². The Hall–Kier alpha value is -1.80. The molecule has 0 unspecified atom stereocenters. The van der Waals surface area contributed by atoms with Crippen molar-refractivity contribution in [2.75, 3.05) is 6.54 Å². The fourth-order valence-corrected chi connectivity index (χ4v) is 2.29. The molecule has 0 aliphatic rings. The van der Waals surface area contributed by atoms with Crippen LogP contribution in [0.25, 0.3) is 0 Å². The molecule has 0 aromatic heterocycles. The second-order valence-electron chi connectivity index (χ2n) is 5.50. The first kappa shape index (κ1) is 15.6. The highest BCUT2D eigenvalue weighted by atomic mass is 16.5. The summed E-state index contributed by atoms with van der Waals surface area (Å²) >= 11 is 0. The third kappa shape index (κ3) is 4.61. The van der Waals surface area contributed by atoms with Gasteiger partial charge in [0.25, 0.3) is 0 Å². The van der Waals surface area contributed by atoms with Crippen molar-refractivity contribution in [2.45, 2.75) is 40.3 Å². The summed E-state index contributed by atoms with van der Waals surface area (Å²) < 4.78 is 6.02. The van der Waals surface area contributed by atoms with Gasteiger partial charge in [-0.25, -0.2) is 0 Å². The van der Waals surface area contributed by atoms with E-state index in [9.17, 15) is 0 Å². The Labute approximate surface area is 128 Å². The van der Waals surface area contributed by atoms with Crippen molar-refractivity contribution >= 4 is 0 Å². The lowest BCUT2D eigenvalue weighted by atomic mass is 10.1. The molecule has 2 heteroatoms. The number of rotatable bonds is 7. The van der Waals surface area contributed by atoms with Crippen molar-refractivity contribution in [3.05, 3.63) is 64.7 Å². The van der Waals surface area contributed by atoms with Gasteiger partial charge in [0, 0.05) is 6.54 Å². The molecule has 0 radical (unpaired) electrons. The Balaban J connectivity index is 2.04. The molecule has 0 spiro atoms. The maximum atomic E-state index is 6.02. The van der Waals surface area contributed by atoms with E-state index in [1.165, 1.54) is 22.3 Å². The molecule has 112 valence electrons. The first-order chi connectivity index (χ1) is 10.2. The minimum atomic E-state index is 0.619. The molecule has 0 saturated heterocycles. The van der Waals surface area contributed by atoms with Gasteiger partial charge in [0.2, 0.25) is 0 Å². The second kappa shape index (κ2) is 7.84. The molecular formula is C19H25NO. The summed E-state index contributed by atoms with van der Waals surface area (Å²) in [5, 5.41) is 3.45. The van der Waals surface area contributed by atoms with Crippen molar-refractivity contribution in [2.24, 2.45) is 0 Å². The van der Waals surface area contributed by atoms with Crippen LogP contribution >= 0.6 is 0 Å². The normalized spacial score (nSPS) is 10.6. The number of hydrogen-bond acceptors (Lipinski definition) is 2. The van der Waals surface area contributed by atoms with E-state index in [1.807, 2.05) is 0 Å². The quantitative estimate of drug-likeness (QED) is 0.761. The zero-order valence-electron chi connectivity index (χ0n) is 13.3. The van der Waals surface area contributed by atoms with Gasteiger partial charge in [-0.05, 0) is 55.1 Å². The highest BCUT2D eigenvalue weighted by Crippen LogP contribution is 2.21. The SMILES string of the molecule is CCCNCc1ccccc1COc1cc(C)ccc1C. The summed E-state index contributed by atoms with van der Waals surface area (Å²) in [5.74, 6) is 0.978. The Morgan fingerprint density at radius 2 is 1.76 bits per heavy atom. The van der Waals surface area contributed by atoms with Gasteiger partial charge in [-0.1, -0.05) is 43.3 Å². The Morgan fingerprint density at radius 3 is 2.52 bits per heavy atom. The first-order valence-electron chi connectivity index (χ1n) is 7.68. The average molecular weight is 283 g/mol. The van der Waals surface area contributed by atoms with E-state index < -0.39 is 0 Å². The molecule has 2 rings (SSSR count). The monoisotopic (exact) mass is 283 g/mol. The Morgan fingerprint density at radius 1 is 1.00 bits per heavy atom. The first-order valence-corrected chi connectivity index (χ1v) is 7.68. The predicted octanol–water partition coefficient (Wildman–Crippen LogP) is 4.38. The van der Waals surface area contributed by atoms with Crippen LogP contribution in [0.4, 0.5) is 0 Å². The van der Waals surface area contributed by atoms with Crippen LogP contribution in [0.5, 0.6) is 5.75 Å². The van der Waals surface area contributed by atoms with Gasteiger partial charge in [0.05, 0.1) is 0 Å². The molecule has 21 heavy (non-hydrogen) atoms. The zero-order chi connectivity index (χ0) is 15.1. The highest BCUT2D eigenvalue weighted by Gasteiger charge is 2.04. The number of ether oxygens (including phenoxy) is 1. The van der Waals surface area contributed by atoms with Crippen molar-refractivity contribution in [1.82, 2.24) is 5.32 Å². The summed E-state index contributed by atoms with van der Waals surface area (Å²) in [5.41, 5.74) is 4.98. The van der Waals surface area contributed by atoms with Crippen LogP contribution in [0, 0.1) is 13.8 Å². The van der Waals surface area contributed by atoms with E-state index in [0.29, 0.717) is 6.61 Å². The fourth-order valence-electron chi connectivity index (χ4n) is 2.29. The van der Waals surface area contributed by atoms with E-state index in [1.54, 1.807) is 0 Å². The summed E-state index contributed by atoms with van der Waals surface area (Å²) in [6.07, 6.45) is 1.15. The predicted molar refractivity (Wildman–Crippen MR) is 88.7 cm³/mol. The van der Waals surface area contributed by atoms with Gasteiger partial charge in [0.15, 0.2) is 0 Å². The molecule has 0 aliphatic heterocycles. The second-order valence-corrected chi connectivity index (χ2v) is 5.50. The molecule has 0 aliphatic carbocycles. The van der Waals surface area contributed by atoms with Gasteiger partial charge >= 0.3 is 0 Å². The fraction of sp³-hybridized carbons (Fsp3) is 0.368. The number of nitrogens with one attached hydrogen (secondary N) is 1. The van der Waals surface area contributed by atoms with Crippen molar-refractivity contribution < 1.29 is 4.74 Å². The summed E-state index contributed by atoms with van der Waals surface area (Å²) in [7, 11) is 0. The molecule has 0 bridgehead atoms. The molecular weight excluding hydrogens is 258 g/mol. The lowest BCUT2D eigenvalue weighted by Crippen LogP contribution is -2.15. The third-order valence-electron chi connectivity index (χ3n) is 3.59. The van der Waals surface area contributed by atoms with Crippen LogP contribution in [0.3, 0.4) is 0 Å². The molecule has 0 heterocycles. The van der Waals surface area contributed by atoms with Gasteiger partial charge in [0.1, 0.15) is 12.4 Å². The van der Waals surface area contributed by atoms with E-state index in [4.69, 9.17) is 4.74 Å². The molecule has 0 amide bonds. The largest absolute Gasteiger partial charge is 0.489 e. The van der Waals surface area contributed by atoms with Crippen molar-refractivity contribution in [3.63, 3.8) is 0 Å². The summed E-state index contributed by atoms with van der Waals surface area (Å²) in [6.45, 7) is 8.93. The number of hydrogen-bond donors (Lipinski definition) is 1. The smallest absolute Gasteiger partial charge is 0.122 e. The maximum Gasteiger partial charge on any atom is 0.122 e. The Bertz CT molecular complexity index is 578. The minimum Gasteiger partial charge on any atom is -0.489 e. The summed E-state index contributed by atoms with van der Waals surface area (Å²) in [4.78, 5) is 0.